The third kappa shape index (κ3) is 2.80. The van der Waals surface area contributed by atoms with E-state index in [1.54, 1.807) is 7.11 Å². The molecular formula is C13H26N2O2. The molecule has 0 spiro atoms. The molecule has 100 valence electrons. The molecule has 3 N–H and O–H groups in total. The average Bonchev–Trinajstić information content (AvgIpc) is 2.31. The molecule has 4 heteroatoms. The molecule has 1 aliphatic rings. The Kier molecular flexibility index (Phi) is 4.95. The number of ether oxygens (including phenoxy) is 1. The summed E-state index contributed by atoms with van der Waals surface area (Å²) in [4.78, 5) is 12.2. The van der Waals surface area contributed by atoms with Gasteiger partial charge in [0.25, 0.3) is 0 Å². The van der Waals surface area contributed by atoms with Crippen LogP contribution in [0.1, 0.15) is 46.0 Å². The van der Waals surface area contributed by atoms with E-state index in [2.05, 4.69) is 5.32 Å². The first kappa shape index (κ1) is 14.5. The van der Waals surface area contributed by atoms with Crippen LogP contribution in [0.4, 0.5) is 0 Å². The Hall–Kier alpha value is -0.610. The molecule has 0 unspecified atom stereocenters. The van der Waals surface area contributed by atoms with E-state index in [4.69, 9.17) is 10.5 Å². The van der Waals surface area contributed by atoms with Crippen LogP contribution in [0, 0.1) is 5.41 Å². The highest BCUT2D eigenvalue weighted by atomic mass is 16.5. The standard InChI is InChI=1S/C13H26N2O2/c1-4-12(5-2,9-14)11(16)15-10-13(17-3)7-6-8-13/h4-10,14H2,1-3H3,(H,15,16). The number of nitrogens with one attached hydrogen (secondary N) is 1. The molecule has 0 heterocycles. The smallest absolute Gasteiger partial charge is 0.227 e. The lowest BCUT2D eigenvalue weighted by atomic mass is 9.78. The number of hydrogen-bond acceptors (Lipinski definition) is 3. The van der Waals surface area contributed by atoms with Crippen molar-refractivity contribution in [2.24, 2.45) is 11.1 Å². The van der Waals surface area contributed by atoms with Crippen molar-refractivity contribution in [1.82, 2.24) is 5.32 Å². The molecule has 0 aliphatic heterocycles. The number of carbonyl (C=O) groups is 1. The number of methoxy groups -OCH3 is 1. The molecule has 0 aromatic rings. The summed E-state index contributed by atoms with van der Waals surface area (Å²) in [6.45, 7) is 5.06. The van der Waals surface area contributed by atoms with Crippen LogP contribution in [0.15, 0.2) is 0 Å². The Morgan fingerprint density at radius 3 is 2.29 bits per heavy atom. The first-order valence-corrected chi connectivity index (χ1v) is 6.61. The highest BCUT2D eigenvalue weighted by Crippen LogP contribution is 2.34. The quantitative estimate of drug-likeness (QED) is 0.710. The van der Waals surface area contributed by atoms with Gasteiger partial charge in [-0.2, -0.15) is 0 Å². The average molecular weight is 242 g/mol. The fourth-order valence-electron chi connectivity index (χ4n) is 2.41. The molecule has 1 saturated carbocycles. The van der Waals surface area contributed by atoms with E-state index in [9.17, 15) is 4.79 Å². The Labute approximate surface area is 104 Å². The van der Waals surface area contributed by atoms with Gasteiger partial charge < -0.3 is 15.8 Å². The molecule has 0 aromatic heterocycles. The van der Waals surface area contributed by atoms with Gasteiger partial charge in [-0.3, -0.25) is 4.79 Å². The zero-order valence-electron chi connectivity index (χ0n) is 11.3. The number of hydrogen-bond donors (Lipinski definition) is 2. The van der Waals surface area contributed by atoms with Crippen LogP contribution < -0.4 is 11.1 Å². The van der Waals surface area contributed by atoms with Gasteiger partial charge in [0.2, 0.25) is 5.91 Å². The summed E-state index contributed by atoms with van der Waals surface area (Å²) < 4.78 is 5.49. The summed E-state index contributed by atoms with van der Waals surface area (Å²) in [6.07, 6.45) is 4.83. The Morgan fingerprint density at radius 1 is 1.41 bits per heavy atom. The third-order valence-electron chi connectivity index (χ3n) is 4.49. The Bertz CT molecular complexity index is 244. The normalized spacial score (nSPS) is 18.6. The van der Waals surface area contributed by atoms with Gasteiger partial charge in [-0.15, -0.1) is 0 Å². The van der Waals surface area contributed by atoms with Gasteiger partial charge in [0.05, 0.1) is 11.0 Å². The lowest BCUT2D eigenvalue weighted by Gasteiger charge is -2.41. The number of carbonyl (C=O) groups excluding carboxylic acids is 1. The molecule has 1 aliphatic carbocycles. The lowest BCUT2D eigenvalue weighted by Crippen LogP contribution is -2.53. The SMILES string of the molecule is CCC(CC)(CN)C(=O)NCC1(OC)CCC1. The van der Waals surface area contributed by atoms with E-state index in [1.165, 1.54) is 6.42 Å². The summed E-state index contributed by atoms with van der Waals surface area (Å²) in [7, 11) is 1.72. The van der Waals surface area contributed by atoms with E-state index >= 15 is 0 Å². The number of amides is 1. The van der Waals surface area contributed by atoms with Gasteiger partial charge >= 0.3 is 0 Å². The monoisotopic (exact) mass is 242 g/mol. The minimum Gasteiger partial charge on any atom is -0.376 e. The minimum atomic E-state index is -0.404. The number of nitrogens with two attached hydrogens (primary N) is 1. The summed E-state index contributed by atoms with van der Waals surface area (Å²) >= 11 is 0. The number of rotatable bonds is 7. The summed E-state index contributed by atoms with van der Waals surface area (Å²) in [5, 5.41) is 3.03. The predicted octanol–water partition coefficient (Wildman–Crippen LogP) is 1.44. The molecule has 4 nitrogen and oxygen atoms in total. The molecule has 1 rings (SSSR count). The van der Waals surface area contributed by atoms with Crippen molar-refractivity contribution in [1.29, 1.82) is 0 Å². The Morgan fingerprint density at radius 2 is 2.00 bits per heavy atom. The summed E-state index contributed by atoms with van der Waals surface area (Å²) in [5.41, 5.74) is 5.24. The van der Waals surface area contributed by atoms with Crippen LogP contribution in [-0.2, 0) is 9.53 Å². The van der Waals surface area contributed by atoms with Gasteiger partial charge in [-0.25, -0.2) is 0 Å². The molecule has 0 bridgehead atoms. The van der Waals surface area contributed by atoms with Gasteiger partial charge in [0.1, 0.15) is 0 Å². The van der Waals surface area contributed by atoms with E-state index in [1.807, 2.05) is 13.8 Å². The van der Waals surface area contributed by atoms with E-state index in [0.29, 0.717) is 13.1 Å². The van der Waals surface area contributed by atoms with Crippen molar-refractivity contribution in [2.75, 3.05) is 20.2 Å². The predicted molar refractivity (Wildman–Crippen MR) is 68.7 cm³/mol. The van der Waals surface area contributed by atoms with Crippen molar-refractivity contribution in [3.63, 3.8) is 0 Å². The zero-order chi connectivity index (χ0) is 12.9. The van der Waals surface area contributed by atoms with Gasteiger partial charge in [0.15, 0.2) is 0 Å². The maximum absolute atomic E-state index is 12.2. The van der Waals surface area contributed by atoms with Crippen molar-refractivity contribution >= 4 is 5.91 Å². The fourth-order valence-corrected chi connectivity index (χ4v) is 2.41. The van der Waals surface area contributed by atoms with Crippen LogP contribution in [0.2, 0.25) is 0 Å². The first-order chi connectivity index (χ1) is 8.08. The van der Waals surface area contributed by atoms with Crippen LogP contribution in [-0.4, -0.2) is 31.7 Å². The van der Waals surface area contributed by atoms with E-state index in [-0.39, 0.29) is 11.5 Å². The molecule has 0 radical (unpaired) electrons. The van der Waals surface area contributed by atoms with Gasteiger partial charge in [-0.1, -0.05) is 13.8 Å². The van der Waals surface area contributed by atoms with E-state index < -0.39 is 5.41 Å². The second-order valence-corrected chi connectivity index (χ2v) is 5.11. The second kappa shape index (κ2) is 5.83. The largest absolute Gasteiger partial charge is 0.376 e. The summed E-state index contributed by atoms with van der Waals surface area (Å²) in [6, 6.07) is 0. The van der Waals surface area contributed by atoms with Crippen molar-refractivity contribution in [3.05, 3.63) is 0 Å². The maximum Gasteiger partial charge on any atom is 0.227 e. The molecule has 0 aromatic carbocycles. The molecule has 17 heavy (non-hydrogen) atoms. The molecule has 0 atom stereocenters. The Balaban J connectivity index is 2.53. The highest BCUT2D eigenvalue weighted by molar-refractivity contribution is 5.82. The highest BCUT2D eigenvalue weighted by Gasteiger charge is 2.39. The van der Waals surface area contributed by atoms with E-state index in [0.717, 1.165) is 25.7 Å². The molecule has 1 amide bonds. The third-order valence-corrected chi connectivity index (χ3v) is 4.49. The maximum atomic E-state index is 12.2. The molecule has 1 fully saturated rings. The van der Waals surface area contributed by atoms with Gasteiger partial charge in [-0.05, 0) is 32.1 Å². The van der Waals surface area contributed by atoms with Crippen molar-refractivity contribution in [3.8, 4) is 0 Å². The van der Waals surface area contributed by atoms with Crippen molar-refractivity contribution in [2.45, 2.75) is 51.6 Å². The minimum absolute atomic E-state index is 0.0772. The lowest BCUT2D eigenvalue weighted by molar-refractivity contribution is -0.134. The van der Waals surface area contributed by atoms with Gasteiger partial charge in [0, 0.05) is 20.2 Å². The van der Waals surface area contributed by atoms with Crippen molar-refractivity contribution < 1.29 is 9.53 Å². The van der Waals surface area contributed by atoms with Crippen LogP contribution in [0.5, 0.6) is 0 Å². The fraction of sp³-hybridized carbons (Fsp3) is 0.923. The second-order valence-electron chi connectivity index (χ2n) is 5.11. The molecule has 0 saturated heterocycles. The van der Waals surface area contributed by atoms with Crippen LogP contribution in [0.3, 0.4) is 0 Å². The first-order valence-electron chi connectivity index (χ1n) is 6.61. The van der Waals surface area contributed by atoms with Crippen LogP contribution in [0.25, 0.3) is 0 Å². The zero-order valence-corrected chi connectivity index (χ0v) is 11.3. The van der Waals surface area contributed by atoms with Crippen LogP contribution >= 0.6 is 0 Å². The molecular weight excluding hydrogens is 216 g/mol. The summed E-state index contributed by atoms with van der Waals surface area (Å²) in [5.74, 6) is 0.0772. The topological polar surface area (TPSA) is 64.4 Å².